The molecule has 1 N–H and O–H groups in total. The predicted octanol–water partition coefficient (Wildman–Crippen LogP) is 1.43. The average molecular weight is 249 g/mol. The second-order valence-corrected chi connectivity index (χ2v) is 4.61. The van der Waals surface area contributed by atoms with Gasteiger partial charge in [0.25, 0.3) is 5.69 Å². The van der Waals surface area contributed by atoms with Crippen molar-refractivity contribution >= 4 is 5.69 Å². The number of nitro benzene ring substituents is 1. The van der Waals surface area contributed by atoms with Crippen LogP contribution in [0.15, 0.2) is 24.3 Å². The van der Waals surface area contributed by atoms with Crippen molar-refractivity contribution in [3.63, 3.8) is 0 Å². The summed E-state index contributed by atoms with van der Waals surface area (Å²) in [6, 6.07) is 7.52. The van der Waals surface area contributed by atoms with E-state index < -0.39 is 0 Å². The zero-order valence-electron chi connectivity index (χ0n) is 10.6. The standard InChI is InChI=1S/C13H19N3O2/c1-2-15(13-9-14-10-13)8-7-11-3-5-12(6-4-11)16(17)18/h3-6,13-14H,2,7-10H2,1H3. The van der Waals surface area contributed by atoms with Gasteiger partial charge in [-0.2, -0.15) is 0 Å². The van der Waals surface area contributed by atoms with Crippen molar-refractivity contribution in [3.05, 3.63) is 39.9 Å². The van der Waals surface area contributed by atoms with Crippen molar-refractivity contribution in [1.29, 1.82) is 0 Å². The molecule has 1 aliphatic rings. The first kappa shape index (κ1) is 13.0. The van der Waals surface area contributed by atoms with Gasteiger partial charge in [-0.15, -0.1) is 0 Å². The Labute approximate surface area is 107 Å². The maximum absolute atomic E-state index is 10.6. The topological polar surface area (TPSA) is 58.4 Å². The molecule has 1 aromatic carbocycles. The molecule has 98 valence electrons. The van der Waals surface area contributed by atoms with E-state index in [1.54, 1.807) is 12.1 Å². The monoisotopic (exact) mass is 249 g/mol. The molecule has 0 radical (unpaired) electrons. The van der Waals surface area contributed by atoms with Gasteiger partial charge in [-0.05, 0) is 18.5 Å². The molecule has 0 aliphatic carbocycles. The molecule has 5 heteroatoms. The van der Waals surface area contributed by atoms with Crippen molar-refractivity contribution < 1.29 is 4.92 Å². The summed E-state index contributed by atoms with van der Waals surface area (Å²) in [4.78, 5) is 12.6. The fourth-order valence-corrected chi connectivity index (χ4v) is 2.19. The van der Waals surface area contributed by atoms with Crippen LogP contribution in [0, 0.1) is 10.1 Å². The normalized spacial score (nSPS) is 15.7. The molecular formula is C13H19N3O2. The Kier molecular flexibility index (Phi) is 4.28. The first-order chi connectivity index (χ1) is 8.70. The number of benzene rings is 1. The summed E-state index contributed by atoms with van der Waals surface area (Å²) in [5, 5.41) is 13.8. The maximum atomic E-state index is 10.6. The number of hydrogen-bond acceptors (Lipinski definition) is 4. The minimum absolute atomic E-state index is 0.161. The summed E-state index contributed by atoms with van der Waals surface area (Å²) in [6.07, 6.45) is 0.947. The smallest absolute Gasteiger partial charge is 0.269 e. The van der Waals surface area contributed by atoms with Crippen molar-refractivity contribution in [2.45, 2.75) is 19.4 Å². The van der Waals surface area contributed by atoms with Gasteiger partial charge in [0.15, 0.2) is 0 Å². The van der Waals surface area contributed by atoms with Crippen LogP contribution in [0.5, 0.6) is 0 Å². The molecule has 0 saturated carbocycles. The zero-order valence-corrected chi connectivity index (χ0v) is 10.6. The second-order valence-electron chi connectivity index (χ2n) is 4.61. The average Bonchev–Trinajstić information content (AvgIpc) is 2.32. The Balaban J connectivity index is 1.86. The summed E-state index contributed by atoms with van der Waals surface area (Å²) in [5.41, 5.74) is 1.32. The van der Waals surface area contributed by atoms with Crippen LogP contribution in [0.3, 0.4) is 0 Å². The lowest BCUT2D eigenvalue weighted by atomic mass is 10.1. The highest BCUT2D eigenvalue weighted by atomic mass is 16.6. The van der Waals surface area contributed by atoms with Crippen LogP contribution in [0.1, 0.15) is 12.5 Å². The van der Waals surface area contributed by atoms with Crippen LogP contribution in [0.2, 0.25) is 0 Å². The molecule has 5 nitrogen and oxygen atoms in total. The van der Waals surface area contributed by atoms with Gasteiger partial charge < -0.3 is 5.32 Å². The van der Waals surface area contributed by atoms with Gasteiger partial charge >= 0.3 is 0 Å². The molecule has 0 atom stereocenters. The van der Waals surface area contributed by atoms with E-state index in [2.05, 4.69) is 17.1 Å². The summed E-state index contributed by atoms with van der Waals surface area (Å²) in [7, 11) is 0. The molecule has 18 heavy (non-hydrogen) atoms. The SMILES string of the molecule is CCN(CCc1ccc([N+](=O)[O-])cc1)C1CNC1. The highest BCUT2D eigenvalue weighted by Gasteiger charge is 2.22. The quantitative estimate of drug-likeness (QED) is 0.612. The van der Waals surface area contributed by atoms with Crippen LogP contribution in [-0.2, 0) is 6.42 Å². The fraction of sp³-hybridized carbons (Fsp3) is 0.538. The van der Waals surface area contributed by atoms with Gasteiger partial charge in [-0.1, -0.05) is 19.1 Å². The fourth-order valence-electron chi connectivity index (χ4n) is 2.19. The Bertz CT molecular complexity index is 401. The van der Waals surface area contributed by atoms with E-state index in [0.29, 0.717) is 6.04 Å². The van der Waals surface area contributed by atoms with E-state index >= 15 is 0 Å². The van der Waals surface area contributed by atoms with E-state index in [9.17, 15) is 10.1 Å². The van der Waals surface area contributed by atoms with Gasteiger partial charge in [0, 0.05) is 37.8 Å². The van der Waals surface area contributed by atoms with Gasteiger partial charge in [0.1, 0.15) is 0 Å². The Morgan fingerprint density at radius 3 is 2.50 bits per heavy atom. The first-order valence-corrected chi connectivity index (χ1v) is 6.39. The molecule has 1 heterocycles. The molecule has 0 aromatic heterocycles. The Morgan fingerprint density at radius 2 is 2.06 bits per heavy atom. The third kappa shape index (κ3) is 3.05. The van der Waals surface area contributed by atoms with Gasteiger partial charge in [-0.3, -0.25) is 15.0 Å². The largest absolute Gasteiger partial charge is 0.314 e. The summed E-state index contributed by atoms with van der Waals surface area (Å²) >= 11 is 0. The van der Waals surface area contributed by atoms with E-state index in [0.717, 1.165) is 38.2 Å². The molecule has 1 saturated heterocycles. The van der Waals surface area contributed by atoms with Crippen LogP contribution in [0.4, 0.5) is 5.69 Å². The molecule has 1 aliphatic heterocycles. The molecular weight excluding hydrogens is 230 g/mol. The maximum Gasteiger partial charge on any atom is 0.269 e. The summed E-state index contributed by atoms with van der Waals surface area (Å²) in [6.45, 7) is 6.40. The Hall–Kier alpha value is -1.46. The third-order valence-corrected chi connectivity index (χ3v) is 3.52. The van der Waals surface area contributed by atoms with E-state index in [4.69, 9.17) is 0 Å². The van der Waals surface area contributed by atoms with E-state index in [-0.39, 0.29) is 10.6 Å². The lowest BCUT2D eigenvalue weighted by Crippen LogP contribution is -2.57. The van der Waals surface area contributed by atoms with E-state index in [1.165, 1.54) is 0 Å². The van der Waals surface area contributed by atoms with Crippen molar-refractivity contribution in [2.75, 3.05) is 26.2 Å². The molecule has 0 bridgehead atoms. The first-order valence-electron chi connectivity index (χ1n) is 6.39. The molecule has 0 amide bonds. The van der Waals surface area contributed by atoms with Crippen molar-refractivity contribution in [2.24, 2.45) is 0 Å². The van der Waals surface area contributed by atoms with Crippen molar-refractivity contribution in [3.8, 4) is 0 Å². The number of hydrogen-bond donors (Lipinski definition) is 1. The second kappa shape index (κ2) is 5.93. The Morgan fingerprint density at radius 1 is 1.39 bits per heavy atom. The molecule has 0 spiro atoms. The number of nitro groups is 1. The van der Waals surface area contributed by atoms with Crippen molar-refractivity contribution in [1.82, 2.24) is 10.2 Å². The highest BCUT2D eigenvalue weighted by Crippen LogP contribution is 2.13. The van der Waals surface area contributed by atoms with Gasteiger partial charge in [0.05, 0.1) is 4.92 Å². The number of non-ortho nitro benzene ring substituents is 1. The van der Waals surface area contributed by atoms with Crippen LogP contribution < -0.4 is 5.32 Å². The minimum atomic E-state index is -0.359. The highest BCUT2D eigenvalue weighted by molar-refractivity contribution is 5.32. The summed E-state index contributed by atoms with van der Waals surface area (Å²) < 4.78 is 0. The van der Waals surface area contributed by atoms with Crippen LogP contribution >= 0.6 is 0 Å². The predicted molar refractivity (Wildman–Crippen MR) is 70.7 cm³/mol. The van der Waals surface area contributed by atoms with E-state index in [1.807, 2.05) is 12.1 Å². The minimum Gasteiger partial charge on any atom is -0.314 e. The molecule has 0 unspecified atom stereocenters. The lowest BCUT2D eigenvalue weighted by molar-refractivity contribution is -0.384. The summed E-state index contributed by atoms with van der Waals surface area (Å²) in [5.74, 6) is 0. The third-order valence-electron chi connectivity index (χ3n) is 3.52. The number of likely N-dealkylation sites (N-methyl/N-ethyl adjacent to an activating group) is 1. The van der Waals surface area contributed by atoms with Gasteiger partial charge in [-0.25, -0.2) is 0 Å². The number of nitrogens with zero attached hydrogens (tertiary/aromatic N) is 2. The molecule has 1 aromatic rings. The number of rotatable bonds is 6. The van der Waals surface area contributed by atoms with Crippen LogP contribution in [0.25, 0.3) is 0 Å². The van der Waals surface area contributed by atoms with Crippen LogP contribution in [-0.4, -0.2) is 42.0 Å². The number of nitrogens with one attached hydrogen (secondary N) is 1. The lowest BCUT2D eigenvalue weighted by Gasteiger charge is -2.37. The molecule has 1 fully saturated rings. The zero-order chi connectivity index (χ0) is 13.0. The van der Waals surface area contributed by atoms with Gasteiger partial charge in [0.2, 0.25) is 0 Å². The molecule has 2 rings (SSSR count).